The third kappa shape index (κ3) is 4.42. The molecule has 0 bridgehead atoms. The Bertz CT molecular complexity index is 759. The average molecular weight is 344 g/mol. The Morgan fingerprint density at radius 2 is 1.15 bits per heavy atom. The van der Waals surface area contributed by atoms with Gasteiger partial charge in [-0.3, -0.25) is 4.90 Å². The molecule has 3 aromatic rings. The van der Waals surface area contributed by atoms with Crippen molar-refractivity contribution in [1.29, 1.82) is 0 Å². The normalized spacial score (nSPS) is 11.9. The van der Waals surface area contributed by atoms with Crippen molar-refractivity contribution in [2.75, 3.05) is 7.05 Å². The third-order valence-electron chi connectivity index (χ3n) is 4.92. The molecule has 0 saturated heterocycles. The van der Waals surface area contributed by atoms with E-state index in [4.69, 9.17) is 0 Å². The summed E-state index contributed by atoms with van der Waals surface area (Å²) in [5.74, 6) is 0. The molecule has 0 saturated carbocycles. The van der Waals surface area contributed by atoms with E-state index in [1.54, 1.807) is 0 Å². The largest absolute Gasteiger partial charge is 0.291 e. The van der Waals surface area contributed by atoms with Crippen LogP contribution in [0.2, 0.25) is 0 Å². The number of rotatable bonds is 5. The molecule has 0 amide bonds. The minimum absolute atomic E-state index is 0.195. The van der Waals surface area contributed by atoms with Crippen LogP contribution in [0, 0.1) is 0 Å². The number of hydrogen-bond donors (Lipinski definition) is 0. The first-order valence-electron chi connectivity index (χ1n) is 9.35. The fraction of sp³-hybridized carbons (Fsp3) is 0.280. The van der Waals surface area contributed by atoms with Crippen LogP contribution in [-0.2, 0) is 12.0 Å². The predicted molar refractivity (Wildman–Crippen MR) is 111 cm³/mol. The van der Waals surface area contributed by atoms with Gasteiger partial charge in [-0.1, -0.05) is 106 Å². The molecule has 0 radical (unpaired) electrons. The van der Waals surface area contributed by atoms with Crippen LogP contribution in [0.4, 0.5) is 0 Å². The molecule has 0 heterocycles. The minimum atomic E-state index is 0.195. The lowest BCUT2D eigenvalue weighted by Crippen LogP contribution is -2.25. The van der Waals surface area contributed by atoms with Gasteiger partial charge in [0.25, 0.3) is 0 Å². The standard InChI is InChI=1S/C25H29N/c1-25(2,3)23-17-15-20(16-18-23)19-26(4)24(21-11-7-5-8-12-21)22-13-9-6-10-14-22/h5-18,24H,19H2,1-4H3. The zero-order chi connectivity index (χ0) is 18.6. The molecule has 3 aromatic carbocycles. The summed E-state index contributed by atoms with van der Waals surface area (Å²) in [6, 6.07) is 30.8. The van der Waals surface area contributed by atoms with E-state index in [1.165, 1.54) is 22.3 Å². The Morgan fingerprint density at radius 3 is 1.58 bits per heavy atom. The Labute approximate surface area is 158 Å². The molecule has 0 aromatic heterocycles. The van der Waals surface area contributed by atoms with Gasteiger partial charge in [0.1, 0.15) is 0 Å². The number of nitrogens with zero attached hydrogens (tertiary/aromatic N) is 1. The van der Waals surface area contributed by atoms with Crippen molar-refractivity contribution >= 4 is 0 Å². The smallest absolute Gasteiger partial charge is 0.0602 e. The fourth-order valence-corrected chi connectivity index (χ4v) is 3.46. The van der Waals surface area contributed by atoms with Crippen molar-refractivity contribution in [3.05, 3.63) is 107 Å². The van der Waals surface area contributed by atoms with Gasteiger partial charge in [-0.25, -0.2) is 0 Å². The van der Waals surface area contributed by atoms with Crippen LogP contribution in [0.5, 0.6) is 0 Å². The van der Waals surface area contributed by atoms with Crippen molar-refractivity contribution in [1.82, 2.24) is 4.90 Å². The van der Waals surface area contributed by atoms with Gasteiger partial charge in [0.15, 0.2) is 0 Å². The van der Waals surface area contributed by atoms with Gasteiger partial charge in [0, 0.05) is 6.54 Å². The molecule has 0 fully saturated rings. The van der Waals surface area contributed by atoms with E-state index in [2.05, 4.69) is 118 Å². The highest BCUT2D eigenvalue weighted by molar-refractivity contribution is 5.33. The summed E-state index contributed by atoms with van der Waals surface area (Å²) in [6.45, 7) is 7.69. The predicted octanol–water partition coefficient (Wildman–Crippen LogP) is 6.21. The maximum Gasteiger partial charge on any atom is 0.0602 e. The topological polar surface area (TPSA) is 3.24 Å². The quantitative estimate of drug-likeness (QED) is 0.532. The highest BCUT2D eigenvalue weighted by atomic mass is 15.1. The molecular formula is C25H29N. The summed E-state index contributed by atoms with van der Waals surface area (Å²) in [5, 5.41) is 0. The van der Waals surface area contributed by atoms with Crippen molar-refractivity contribution < 1.29 is 0 Å². The van der Waals surface area contributed by atoms with Crippen molar-refractivity contribution in [2.45, 2.75) is 38.8 Å². The van der Waals surface area contributed by atoms with Crippen molar-refractivity contribution in [3.63, 3.8) is 0 Å². The van der Waals surface area contributed by atoms with Crippen LogP contribution in [0.1, 0.15) is 49.1 Å². The second kappa shape index (κ2) is 7.88. The van der Waals surface area contributed by atoms with Crippen LogP contribution in [0.25, 0.3) is 0 Å². The molecule has 1 nitrogen and oxygen atoms in total. The minimum Gasteiger partial charge on any atom is -0.291 e. The summed E-state index contributed by atoms with van der Waals surface area (Å²) in [6.07, 6.45) is 0. The second-order valence-corrected chi connectivity index (χ2v) is 8.09. The van der Waals surface area contributed by atoms with Gasteiger partial charge in [-0.05, 0) is 34.7 Å². The lowest BCUT2D eigenvalue weighted by atomic mass is 9.86. The van der Waals surface area contributed by atoms with Crippen LogP contribution in [0.15, 0.2) is 84.9 Å². The van der Waals surface area contributed by atoms with Gasteiger partial charge in [-0.2, -0.15) is 0 Å². The number of hydrogen-bond acceptors (Lipinski definition) is 1. The molecule has 0 N–H and O–H groups in total. The van der Waals surface area contributed by atoms with Crippen LogP contribution in [0.3, 0.4) is 0 Å². The molecule has 26 heavy (non-hydrogen) atoms. The van der Waals surface area contributed by atoms with E-state index in [0.717, 1.165) is 6.54 Å². The zero-order valence-corrected chi connectivity index (χ0v) is 16.3. The molecule has 0 aliphatic rings. The van der Waals surface area contributed by atoms with Crippen LogP contribution < -0.4 is 0 Å². The van der Waals surface area contributed by atoms with Gasteiger partial charge < -0.3 is 0 Å². The SMILES string of the molecule is CN(Cc1ccc(C(C)(C)C)cc1)C(c1ccccc1)c1ccccc1. The molecule has 3 rings (SSSR count). The maximum absolute atomic E-state index is 2.43. The third-order valence-corrected chi connectivity index (χ3v) is 4.92. The van der Waals surface area contributed by atoms with E-state index in [9.17, 15) is 0 Å². The van der Waals surface area contributed by atoms with Crippen LogP contribution in [-0.4, -0.2) is 11.9 Å². The van der Waals surface area contributed by atoms with E-state index < -0.39 is 0 Å². The monoisotopic (exact) mass is 343 g/mol. The van der Waals surface area contributed by atoms with Crippen molar-refractivity contribution in [2.24, 2.45) is 0 Å². The lowest BCUT2D eigenvalue weighted by molar-refractivity contribution is 0.270. The second-order valence-electron chi connectivity index (χ2n) is 8.09. The van der Waals surface area contributed by atoms with Gasteiger partial charge in [0.05, 0.1) is 6.04 Å². The highest BCUT2D eigenvalue weighted by Gasteiger charge is 2.19. The molecule has 0 unspecified atom stereocenters. The Hall–Kier alpha value is -2.38. The van der Waals surface area contributed by atoms with E-state index >= 15 is 0 Å². The van der Waals surface area contributed by atoms with E-state index in [0.29, 0.717) is 0 Å². The zero-order valence-electron chi connectivity index (χ0n) is 16.3. The fourth-order valence-electron chi connectivity index (χ4n) is 3.46. The van der Waals surface area contributed by atoms with Crippen LogP contribution >= 0.6 is 0 Å². The first-order valence-corrected chi connectivity index (χ1v) is 9.35. The van der Waals surface area contributed by atoms with Gasteiger partial charge in [0.2, 0.25) is 0 Å². The summed E-state index contributed by atoms with van der Waals surface area (Å²) >= 11 is 0. The molecule has 1 heteroatoms. The van der Waals surface area contributed by atoms with Gasteiger partial charge >= 0.3 is 0 Å². The lowest BCUT2D eigenvalue weighted by Gasteiger charge is -2.29. The van der Waals surface area contributed by atoms with E-state index in [-0.39, 0.29) is 11.5 Å². The molecule has 0 aliphatic heterocycles. The van der Waals surface area contributed by atoms with Gasteiger partial charge in [-0.15, -0.1) is 0 Å². The summed E-state index contributed by atoms with van der Waals surface area (Å²) in [5.41, 5.74) is 5.57. The Morgan fingerprint density at radius 1 is 0.692 bits per heavy atom. The van der Waals surface area contributed by atoms with E-state index in [1.807, 2.05) is 0 Å². The first kappa shape index (κ1) is 18.4. The summed E-state index contributed by atoms with van der Waals surface area (Å²) in [7, 11) is 2.21. The number of benzene rings is 3. The molecule has 0 aliphatic carbocycles. The molecular weight excluding hydrogens is 314 g/mol. The Kier molecular flexibility index (Phi) is 5.58. The molecule has 0 spiro atoms. The summed E-state index contributed by atoms with van der Waals surface area (Å²) in [4.78, 5) is 2.43. The first-order chi connectivity index (χ1) is 12.4. The van der Waals surface area contributed by atoms with Crippen molar-refractivity contribution in [3.8, 4) is 0 Å². The molecule has 134 valence electrons. The Balaban J connectivity index is 1.85. The average Bonchev–Trinajstić information content (AvgIpc) is 2.63. The maximum atomic E-state index is 2.43. The summed E-state index contributed by atoms with van der Waals surface area (Å²) < 4.78 is 0. The highest BCUT2D eigenvalue weighted by Crippen LogP contribution is 2.29. The molecule has 0 atom stereocenters.